The fourth-order valence-electron chi connectivity index (χ4n) is 3.85. The van der Waals surface area contributed by atoms with Gasteiger partial charge in [-0.3, -0.25) is 9.69 Å². The number of nitrogens with zero attached hydrogens (tertiary/aromatic N) is 3. The first-order valence-electron chi connectivity index (χ1n) is 9.91. The van der Waals surface area contributed by atoms with Gasteiger partial charge in [-0.25, -0.2) is 16.8 Å². The van der Waals surface area contributed by atoms with E-state index in [1.807, 2.05) is 0 Å². The number of rotatable bonds is 6. The largest absolute Gasteiger partial charge is 0.340 e. The summed E-state index contributed by atoms with van der Waals surface area (Å²) in [6.07, 6.45) is 2.58. The molecule has 1 unspecified atom stereocenters. The van der Waals surface area contributed by atoms with Gasteiger partial charge >= 0.3 is 0 Å². The summed E-state index contributed by atoms with van der Waals surface area (Å²) in [4.78, 5) is 17.1. The number of sulfone groups is 1. The molecule has 0 bridgehead atoms. The monoisotopic (exact) mass is 443 g/mol. The van der Waals surface area contributed by atoms with Gasteiger partial charge in [0.15, 0.2) is 0 Å². The van der Waals surface area contributed by atoms with Gasteiger partial charge < -0.3 is 4.90 Å². The van der Waals surface area contributed by atoms with Crippen LogP contribution in [0, 0.1) is 5.92 Å². The molecule has 1 aromatic rings. The Balaban J connectivity index is 1.57. The molecule has 1 aromatic carbocycles. The Morgan fingerprint density at radius 2 is 1.66 bits per heavy atom. The van der Waals surface area contributed by atoms with Crippen LogP contribution in [0.25, 0.3) is 0 Å². The van der Waals surface area contributed by atoms with Crippen molar-refractivity contribution >= 4 is 25.8 Å². The molecule has 3 rings (SSSR count). The zero-order valence-electron chi connectivity index (χ0n) is 16.7. The zero-order valence-corrected chi connectivity index (χ0v) is 18.4. The molecular formula is C19H29N3O5S2. The van der Waals surface area contributed by atoms with E-state index in [4.69, 9.17) is 0 Å². The highest BCUT2D eigenvalue weighted by Crippen LogP contribution is 2.25. The third-order valence-corrected chi connectivity index (χ3v) is 8.38. The Hall–Kier alpha value is -1.49. The first-order valence-corrected chi connectivity index (χ1v) is 13.4. The van der Waals surface area contributed by atoms with Crippen molar-refractivity contribution in [2.45, 2.75) is 17.7 Å². The van der Waals surface area contributed by atoms with E-state index in [-0.39, 0.29) is 29.0 Å². The Bertz CT molecular complexity index is 910. The molecule has 0 N–H and O–H groups in total. The van der Waals surface area contributed by atoms with Gasteiger partial charge in [-0.15, -0.1) is 0 Å². The fraction of sp³-hybridized carbons (Fsp3) is 0.632. The van der Waals surface area contributed by atoms with Crippen molar-refractivity contribution in [3.05, 3.63) is 30.3 Å². The maximum Gasteiger partial charge on any atom is 0.243 e. The number of hydrogen-bond acceptors (Lipinski definition) is 6. The lowest BCUT2D eigenvalue weighted by molar-refractivity contribution is -0.138. The normalized spacial score (nSPS) is 22.5. The molecule has 162 valence electrons. The van der Waals surface area contributed by atoms with E-state index in [2.05, 4.69) is 4.90 Å². The second-order valence-corrected chi connectivity index (χ2v) is 12.0. The maximum atomic E-state index is 13.0. The van der Waals surface area contributed by atoms with Crippen molar-refractivity contribution in [3.8, 4) is 0 Å². The van der Waals surface area contributed by atoms with Crippen LogP contribution in [0.5, 0.6) is 0 Å². The van der Waals surface area contributed by atoms with Crippen molar-refractivity contribution in [2.24, 2.45) is 5.92 Å². The number of piperidine rings is 1. The highest BCUT2D eigenvalue weighted by molar-refractivity contribution is 7.90. The van der Waals surface area contributed by atoms with Crippen LogP contribution in [0.2, 0.25) is 0 Å². The summed E-state index contributed by atoms with van der Waals surface area (Å²) in [6.45, 7) is 3.49. The highest BCUT2D eigenvalue weighted by atomic mass is 32.2. The van der Waals surface area contributed by atoms with Gasteiger partial charge in [0.05, 0.1) is 16.6 Å². The van der Waals surface area contributed by atoms with Crippen LogP contribution < -0.4 is 0 Å². The third-order valence-electron chi connectivity index (χ3n) is 5.58. The first kappa shape index (κ1) is 22.2. The van der Waals surface area contributed by atoms with Gasteiger partial charge in [0.25, 0.3) is 0 Å². The molecule has 0 aromatic heterocycles. The number of hydrogen-bond donors (Lipinski definition) is 0. The molecule has 2 saturated heterocycles. The van der Waals surface area contributed by atoms with Crippen LogP contribution in [0.3, 0.4) is 0 Å². The van der Waals surface area contributed by atoms with E-state index >= 15 is 0 Å². The Kier molecular flexibility index (Phi) is 6.98. The minimum atomic E-state index is -3.59. The topological polar surface area (TPSA) is 95.1 Å². The summed E-state index contributed by atoms with van der Waals surface area (Å²) >= 11 is 0. The minimum Gasteiger partial charge on any atom is -0.340 e. The summed E-state index contributed by atoms with van der Waals surface area (Å²) in [7, 11) is -6.59. The van der Waals surface area contributed by atoms with E-state index in [0.717, 1.165) is 0 Å². The molecule has 0 aliphatic carbocycles. The van der Waals surface area contributed by atoms with Crippen LogP contribution in [0.1, 0.15) is 12.8 Å². The second kappa shape index (κ2) is 9.11. The smallest absolute Gasteiger partial charge is 0.243 e. The fourth-order valence-corrected chi connectivity index (χ4v) is 5.98. The zero-order chi connectivity index (χ0) is 21.1. The molecule has 8 nitrogen and oxygen atoms in total. The molecule has 0 spiro atoms. The quantitative estimate of drug-likeness (QED) is 0.627. The molecular weight excluding hydrogens is 414 g/mol. The second-order valence-electron chi connectivity index (χ2n) is 7.81. The summed E-state index contributed by atoms with van der Waals surface area (Å²) in [5.74, 6) is -0.207. The number of piperazine rings is 1. The number of sulfonamides is 1. The third kappa shape index (κ3) is 5.78. The van der Waals surface area contributed by atoms with Gasteiger partial charge in [-0.05, 0) is 25.0 Å². The lowest BCUT2D eigenvalue weighted by atomic mass is 9.98. The van der Waals surface area contributed by atoms with Crippen LogP contribution in [0.4, 0.5) is 0 Å². The number of amides is 1. The van der Waals surface area contributed by atoms with E-state index in [1.54, 1.807) is 35.2 Å². The summed E-state index contributed by atoms with van der Waals surface area (Å²) in [6, 6.07) is 8.33. The maximum absolute atomic E-state index is 13.0. The molecule has 1 atom stereocenters. The van der Waals surface area contributed by atoms with E-state index in [1.165, 1.54) is 10.6 Å². The van der Waals surface area contributed by atoms with Gasteiger partial charge in [0.2, 0.25) is 15.9 Å². The molecule has 2 aliphatic heterocycles. The minimum absolute atomic E-state index is 0.000671. The molecule has 1 amide bonds. The van der Waals surface area contributed by atoms with Gasteiger partial charge in [0, 0.05) is 52.1 Å². The summed E-state index contributed by atoms with van der Waals surface area (Å²) in [5.41, 5.74) is 0. The van der Waals surface area contributed by atoms with Crippen molar-refractivity contribution in [1.82, 2.24) is 14.1 Å². The Labute approximate surface area is 173 Å². The summed E-state index contributed by atoms with van der Waals surface area (Å²) in [5, 5.41) is 0. The average Bonchev–Trinajstić information content (AvgIpc) is 2.72. The van der Waals surface area contributed by atoms with Crippen molar-refractivity contribution in [3.63, 3.8) is 0 Å². The van der Waals surface area contributed by atoms with Crippen LogP contribution in [-0.2, 0) is 24.7 Å². The molecule has 2 fully saturated rings. The molecule has 0 saturated carbocycles. The van der Waals surface area contributed by atoms with Gasteiger partial charge in [0.1, 0.15) is 9.84 Å². The SMILES string of the molecule is CS(=O)(=O)CCN1CCN(C(=O)C2CCCN(S(=O)(=O)c3ccccc3)C2)CC1. The first-order chi connectivity index (χ1) is 13.7. The van der Waals surface area contributed by atoms with E-state index in [0.29, 0.717) is 52.1 Å². The van der Waals surface area contributed by atoms with E-state index < -0.39 is 19.9 Å². The number of carbonyl (C=O) groups is 1. The van der Waals surface area contributed by atoms with Crippen molar-refractivity contribution in [1.29, 1.82) is 0 Å². The molecule has 29 heavy (non-hydrogen) atoms. The van der Waals surface area contributed by atoms with Gasteiger partial charge in [-0.1, -0.05) is 18.2 Å². The molecule has 10 heteroatoms. The summed E-state index contributed by atoms with van der Waals surface area (Å²) < 4.78 is 49.8. The van der Waals surface area contributed by atoms with Crippen LogP contribution in [0.15, 0.2) is 35.2 Å². The van der Waals surface area contributed by atoms with Crippen LogP contribution in [-0.4, -0.2) is 94.7 Å². The lowest BCUT2D eigenvalue weighted by Crippen LogP contribution is -2.53. The van der Waals surface area contributed by atoms with E-state index in [9.17, 15) is 21.6 Å². The Morgan fingerprint density at radius 1 is 1.00 bits per heavy atom. The molecule has 0 radical (unpaired) electrons. The van der Waals surface area contributed by atoms with Crippen molar-refractivity contribution in [2.75, 3.05) is 57.8 Å². The van der Waals surface area contributed by atoms with Crippen molar-refractivity contribution < 1.29 is 21.6 Å². The number of benzene rings is 1. The average molecular weight is 444 g/mol. The van der Waals surface area contributed by atoms with Gasteiger partial charge in [-0.2, -0.15) is 4.31 Å². The highest BCUT2D eigenvalue weighted by Gasteiger charge is 2.35. The standard InChI is InChI=1S/C19H29N3O5S2/c1-28(24,25)15-14-20-10-12-21(13-11-20)19(23)17-6-5-9-22(16-17)29(26,27)18-7-3-2-4-8-18/h2-4,7-8,17H,5-6,9-16H2,1H3. The Morgan fingerprint density at radius 3 is 2.28 bits per heavy atom. The molecule has 2 aliphatic rings. The predicted octanol–water partition coefficient (Wildman–Crippen LogP) is 0.276. The lowest BCUT2D eigenvalue weighted by Gasteiger charge is -2.38. The molecule has 2 heterocycles. The van der Waals surface area contributed by atoms with Crippen LogP contribution >= 0.6 is 0 Å². The number of carbonyl (C=O) groups excluding carboxylic acids is 1. The predicted molar refractivity (Wildman–Crippen MR) is 111 cm³/mol.